The molecule has 0 aliphatic carbocycles. The van der Waals surface area contributed by atoms with Gasteiger partial charge >= 0.3 is 0 Å². The van der Waals surface area contributed by atoms with Crippen LogP contribution in [0.15, 0.2) is 53.6 Å². The van der Waals surface area contributed by atoms with Gasteiger partial charge in [-0.25, -0.2) is 17.8 Å². The maximum Gasteiger partial charge on any atom is 0.240 e. The van der Waals surface area contributed by atoms with Crippen LogP contribution in [0.4, 0.5) is 10.1 Å². The van der Waals surface area contributed by atoms with Crippen LogP contribution in [0.5, 0.6) is 0 Å². The summed E-state index contributed by atoms with van der Waals surface area (Å²) in [5.74, 6) is -0.721. The Bertz CT molecular complexity index is 1000. The zero-order chi connectivity index (χ0) is 19.6. The molecule has 1 unspecified atom stereocenters. The van der Waals surface area contributed by atoms with Gasteiger partial charge in [0.05, 0.1) is 17.5 Å². The summed E-state index contributed by atoms with van der Waals surface area (Å²) in [6.45, 7) is 2.93. The first-order valence-electron chi connectivity index (χ1n) is 8.53. The molecule has 6 nitrogen and oxygen atoms in total. The van der Waals surface area contributed by atoms with E-state index in [-0.39, 0.29) is 11.7 Å². The third kappa shape index (κ3) is 4.16. The molecule has 1 N–H and O–H groups in total. The van der Waals surface area contributed by atoms with Crippen LogP contribution in [0.3, 0.4) is 0 Å². The summed E-state index contributed by atoms with van der Waals surface area (Å²) < 4.78 is 40.3. The number of nitrogens with zero attached hydrogens (tertiary/aromatic N) is 2. The average molecular weight is 389 g/mol. The topological polar surface area (TPSA) is 78.8 Å². The van der Waals surface area contributed by atoms with Gasteiger partial charge in [-0.3, -0.25) is 9.52 Å². The average Bonchev–Trinajstić information content (AvgIpc) is 3.07. The molecule has 8 heteroatoms. The zero-order valence-electron chi connectivity index (χ0n) is 15.0. The third-order valence-corrected chi connectivity index (χ3v) is 5.65. The Morgan fingerprint density at radius 2 is 2.00 bits per heavy atom. The molecule has 1 atom stereocenters. The van der Waals surface area contributed by atoms with Crippen molar-refractivity contribution >= 4 is 27.3 Å². The van der Waals surface area contributed by atoms with Gasteiger partial charge < -0.3 is 0 Å². The molecule has 0 saturated heterocycles. The lowest BCUT2D eigenvalue weighted by molar-refractivity contribution is -0.130. The second-order valence-corrected chi connectivity index (χ2v) is 8.25. The maximum atomic E-state index is 14.2. The molecule has 142 valence electrons. The number of anilines is 1. The van der Waals surface area contributed by atoms with E-state index in [9.17, 15) is 17.6 Å². The minimum absolute atomic E-state index is 0.0361. The normalized spacial score (nSPS) is 16.9. The summed E-state index contributed by atoms with van der Waals surface area (Å²) in [5.41, 5.74) is 2.09. The Kier molecular flexibility index (Phi) is 5.27. The molecule has 0 aromatic heterocycles. The highest BCUT2D eigenvalue weighted by Crippen LogP contribution is 2.34. The lowest BCUT2D eigenvalue weighted by Crippen LogP contribution is -2.25. The minimum atomic E-state index is -3.40. The molecule has 0 spiro atoms. The van der Waals surface area contributed by atoms with E-state index in [0.717, 1.165) is 0 Å². The van der Waals surface area contributed by atoms with E-state index in [2.05, 4.69) is 9.82 Å². The van der Waals surface area contributed by atoms with Crippen molar-refractivity contribution in [2.75, 3.05) is 10.5 Å². The van der Waals surface area contributed by atoms with Gasteiger partial charge in [0, 0.05) is 24.6 Å². The first kappa shape index (κ1) is 19.0. The van der Waals surface area contributed by atoms with Crippen LogP contribution in [0, 0.1) is 5.82 Å². The SMILES string of the molecule is CCS(=O)(=O)Nc1cccc(C2=NN(C(C)=O)C(c3ccccc3F)C2)c1. The summed E-state index contributed by atoms with van der Waals surface area (Å²) in [7, 11) is -3.40. The van der Waals surface area contributed by atoms with E-state index in [1.54, 1.807) is 49.4 Å². The van der Waals surface area contributed by atoms with E-state index in [1.165, 1.54) is 18.0 Å². The van der Waals surface area contributed by atoms with E-state index >= 15 is 0 Å². The van der Waals surface area contributed by atoms with Crippen LogP contribution in [-0.4, -0.2) is 30.8 Å². The van der Waals surface area contributed by atoms with Gasteiger partial charge in [0.1, 0.15) is 5.82 Å². The van der Waals surface area contributed by atoms with Gasteiger partial charge in [-0.15, -0.1) is 0 Å². The molecule has 27 heavy (non-hydrogen) atoms. The largest absolute Gasteiger partial charge is 0.284 e. The zero-order valence-corrected chi connectivity index (χ0v) is 15.8. The van der Waals surface area contributed by atoms with Crippen molar-refractivity contribution in [3.8, 4) is 0 Å². The number of nitrogens with one attached hydrogen (secondary N) is 1. The van der Waals surface area contributed by atoms with Gasteiger partial charge in [0.15, 0.2) is 0 Å². The van der Waals surface area contributed by atoms with Crippen LogP contribution >= 0.6 is 0 Å². The molecule has 1 amide bonds. The van der Waals surface area contributed by atoms with Crippen LogP contribution in [0.2, 0.25) is 0 Å². The first-order valence-corrected chi connectivity index (χ1v) is 10.2. The molecule has 0 saturated carbocycles. The Morgan fingerprint density at radius 1 is 1.26 bits per heavy atom. The molecule has 1 heterocycles. The predicted molar refractivity (Wildman–Crippen MR) is 102 cm³/mol. The highest BCUT2D eigenvalue weighted by atomic mass is 32.2. The number of rotatable bonds is 5. The van der Waals surface area contributed by atoms with E-state index in [4.69, 9.17) is 0 Å². The molecule has 0 bridgehead atoms. The van der Waals surface area contributed by atoms with Crippen molar-refractivity contribution in [3.63, 3.8) is 0 Å². The van der Waals surface area contributed by atoms with Gasteiger partial charge in [-0.05, 0) is 30.7 Å². The van der Waals surface area contributed by atoms with Gasteiger partial charge in [-0.1, -0.05) is 30.3 Å². The second-order valence-electron chi connectivity index (χ2n) is 6.24. The van der Waals surface area contributed by atoms with Crippen LogP contribution in [0.1, 0.15) is 37.4 Å². The highest BCUT2D eigenvalue weighted by molar-refractivity contribution is 7.92. The fraction of sp³-hybridized carbons (Fsp3) is 0.263. The van der Waals surface area contributed by atoms with Crippen molar-refractivity contribution < 1.29 is 17.6 Å². The highest BCUT2D eigenvalue weighted by Gasteiger charge is 2.33. The number of benzene rings is 2. The van der Waals surface area contributed by atoms with E-state index in [1.807, 2.05) is 0 Å². The van der Waals surface area contributed by atoms with Crippen molar-refractivity contribution in [2.24, 2.45) is 5.10 Å². The number of carbonyl (C=O) groups excluding carboxylic acids is 1. The molecule has 3 rings (SSSR count). The van der Waals surface area contributed by atoms with E-state index in [0.29, 0.717) is 28.9 Å². The number of carbonyl (C=O) groups is 1. The Hall–Kier alpha value is -2.74. The monoisotopic (exact) mass is 389 g/mol. The van der Waals surface area contributed by atoms with Crippen LogP contribution < -0.4 is 4.72 Å². The molecular formula is C19H20FN3O3S. The molecule has 1 aliphatic rings. The van der Waals surface area contributed by atoms with Gasteiger partial charge in [-0.2, -0.15) is 5.10 Å². The Balaban J connectivity index is 1.93. The van der Waals surface area contributed by atoms with Crippen molar-refractivity contribution in [3.05, 3.63) is 65.5 Å². The van der Waals surface area contributed by atoms with Crippen LogP contribution in [-0.2, 0) is 14.8 Å². The van der Waals surface area contributed by atoms with Crippen molar-refractivity contribution in [1.29, 1.82) is 0 Å². The fourth-order valence-electron chi connectivity index (χ4n) is 2.98. The summed E-state index contributed by atoms with van der Waals surface area (Å²) >= 11 is 0. The second kappa shape index (κ2) is 7.48. The number of hydrogen-bond donors (Lipinski definition) is 1. The molecule has 2 aromatic rings. The van der Waals surface area contributed by atoms with Gasteiger partial charge in [0.2, 0.25) is 15.9 Å². The lowest BCUT2D eigenvalue weighted by atomic mass is 9.98. The molecule has 0 radical (unpaired) electrons. The summed E-state index contributed by atoms with van der Waals surface area (Å²) in [6, 6.07) is 12.6. The van der Waals surface area contributed by atoms with Crippen LogP contribution in [0.25, 0.3) is 0 Å². The summed E-state index contributed by atoms with van der Waals surface area (Å²) in [6.07, 6.45) is 0.338. The quantitative estimate of drug-likeness (QED) is 0.852. The Morgan fingerprint density at radius 3 is 2.67 bits per heavy atom. The molecule has 0 fully saturated rings. The van der Waals surface area contributed by atoms with Gasteiger partial charge in [0.25, 0.3) is 0 Å². The number of amides is 1. The molecule has 1 aliphatic heterocycles. The molecule has 2 aromatic carbocycles. The minimum Gasteiger partial charge on any atom is -0.284 e. The number of hydrogen-bond acceptors (Lipinski definition) is 4. The standard InChI is InChI=1S/C19H20FN3O3S/c1-3-27(25,26)22-15-8-6-7-14(11-15)18-12-19(23(21-18)13(2)24)16-9-4-5-10-17(16)20/h4-11,19,22H,3,12H2,1-2H3. The van der Waals surface area contributed by atoms with Crippen molar-refractivity contribution in [2.45, 2.75) is 26.3 Å². The summed E-state index contributed by atoms with van der Waals surface area (Å²) in [4.78, 5) is 12.0. The Labute approximate surface area is 157 Å². The predicted octanol–water partition coefficient (Wildman–Crippen LogP) is 3.28. The maximum absolute atomic E-state index is 14.2. The molecular weight excluding hydrogens is 369 g/mol. The number of sulfonamides is 1. The fourth-order valence-corrected chi connectivity index (χ4v) is 3.61. The smallest absolute Gasteiger partial charge is 0.240 e. The lowest BCUT2D eigenvalue weighted by Gasteiger charge is -2.20. The third-order valence-electron chi connectivity index (χ3n) is 4.35. The van der Waals surface area contributed by atoms with Crippen molar-refractivity contribution in [1.82, 2.24) is 5.01 Å². The first-order chi connectivity index (χ1) is 12.8. The summed E-state index contributed by atoms with van der Waals surface area (Å²) in [5, 5.41) is 5.65. The number of hydrazone groups is 1. The van der Waals surface area contributed by atoms with E-state index < -0.39 is 21.9 Å². The number of halogens is 1.